The highest BCUT2D eigenvalue weighted by Crippen LogP contribution is 2.24. The Balaban J connectivity index is 1.64. The summed E-state index contributed by atoms with van der Waals surface area (Å²) in [6, 6.07) is 32.7. The van der Waals surface area contributed by atoms with Gasteiger partial charge in [-0.25, -0.2) is 8.42 Å². The molecule has 4 rings (SSSR count). The van der Waals surface area contributed by atoms with E-state index in [-0.39, 0.29) is 24.8 Å². The van der Waals surface area contributed by atoms with E-state index in [1.54, 1.807) is 24.3 Å². The first-order chi connectivity index (χ1) is 22.0. The number of ether oxygens (including phenoxy) is 1. The van der Waals surface area contributed by atoms with E-state index in [2.05, 4.69) is 5.32 Å². The molecule has 0 aliphatic rings. The fourth-order valence-electron chi connectivity index (χ4n) is 5.05. The zero-order chi connectivity index (χ0) is 33.1. The van der Waals surface area contributed by atoms with Gasteiger partial charge in [0.15, 0.2) is 0 Å². The molecule has 8 nitrogen and oxygen atoms in total. The molecule has 0 aromatic heterocycles. The molecule has 2 amide bonds. The van der Waals surface area contributed by atoms with E-state index in [4.69, 9.17) is 4.74 Å². The SMILES string of the molecule is Cc1cccc(CN(C(=O)CN(c2ccc(OCc3ccccc3)cc2)S(C)(=O)=O)[C@@H](Cc2ccccc2)C(=O)NCC(C)C)c1. The fourth-order valence-corrected chi connectivity index (χ4v) is 5.90. The van der Waals surface area contributed by atoms with E-state index in [0.717, 1.165) is 32.8 Å². The Labute approximate surface area is 273 Å². The molecule has 0 unspecified atom stereocenters. The van der Waals surface area contributed by atoms with Gasteiger partial charge in [-0.1, -0.05) is 104 Å². The minimum absolute atomic E-state index is 0.136. The molecule has 0 aliphatic carbocycles. The second-order valence-corrected chi connectivity index (χ2v) is 13.8. The summed E-state index contributed by atoms with van der Waals surface area (Å²) in [7, 11) is -3.88. The monoisotopic (exact) mass is 641 g/mol. The molecule has 242 valence electrons. The van der Waals surface area contributed by atoms with E-state index in [9.17, 15) is 18.0 Å². The van der Waals surface area contributed by atoms with E-state index < -0.39 is 28.5 Å². The molecule has 0 aliphatic heterocycles. The Morgan fingerprint density at radius 3 is 2.00 bits per heavy atom. The van der Waals surface area contributed by atoms with Gasteiger partial charge in [0.05, 0.1) is 11.9 Å². The molecule has 1 atom stereocenters. The number of benzene rings is 4. The smallest absolute Gasteiger partial charge is 0.244 e. The van der Waals surface area contributed by atoms with Gasteiger partial charge < -0.3 is 15.0 Å². The summed E-state index contributed by atoms with van der Waals surface area (Å²) < 4.78 is 33.2. The van der Waals surface area contributed by atoms with Crippen molar-refractivity contribution in [2.24, 2.45) is 5.92 Å². The largest absolute Gasteiger partial charge is 0.489 e. The molecule has 0 fully saturated rings. The van der Waals surface area contributed by atoms with Crippen molar-refractivity contribution in [2.75, 3.05) is 23.7 Å². The maximum atomic E-state index is 14.3. The summed E-state index contributed by atoms with van der Waals surface area (Å²) in [6.45, 7) is 6.45. The van der Waals surface area contributed by atoms with Crippen LogP contribution >= 0.6 is 0 Å². The quantitative estimate of drug-likeness (QED) is 0.178. The van der Waals surface area contributed by atoms with Crippen LogP contribution in [0, 0.1) is 12.8 Å². The predicted octanol–water partition coefficient (Wildman–Crippen LogP) is 5.75. The van der Waals surface area contributed by atoms with Crippen molar-refractivity contribution in [1.82, 2.24) is 10.2 Å². The highest BCUT2D eigenvalue weighted by Gasteiger charge is 2.33. The van der Waals surface area contributed by atoms with Gasteiger partial charge in [0.2, 0.25) is 21.8 Å². The Kier molecular flexibility index (Phi) is 12.0. The van der Waals surface area contributed by atoms with Crippen molar-refractivity contribution in [3.8, 4) is 5.75 Å². The molecule has 9 heteroatoms. The minimum Gasteiger partial charge on any atom is -0.489 e. The standard InChI is InChI=1S/C37H43N3O5S/c1-28(2)24-38-37(42)35(23-30-13-7-5-8-14-30)39(25-32-17-11-12-29(3)22-32)36(41)26-40(46(4,43)44)33-18-20-34(21-19-33)45-27-31-15-9-6-10-16-31/h5-22,28,35H,23-27H2,1-4H3,(H,38,42)/t35-/m0/s1. The summed E-state index contributed by atoms with van der Waals surface area (Å²) in [5, 5.41) is 3.00. The Hall–Kier alpha value is -4.63. The number of amides is 2. The summed E-state index contributed by atoms with van der Waals surface area (Å²) in [4.78, 5) is 29.5. The number of rotatable bonds is 15. The van der Waals surface area contributed by atoms with Crippen LogP contribution in [0.3, 0.4) is 0 Å². The number of carbonyl (C=O) groups excluding carboxylic acids is 2. The lowest BCUT2D eigenvalue weighted by Crippen LogP contribution is -2.53. The molecule has 0 saturated heterocycles. The highest BCUT2D eigenvalue weighted by molar-refractivity contribution is 7.92. The third kappa shape index (κ3) is 10.2. The maximum Gasteiger partial charge on any atom is 0.244 e. The average molecular weight is 642 g/mol. The van der Waals surface area contributed by atoms with Gasteiger partial charge >= 0.3 is 0 Å². The van der Waals surface area contributed by atoms with Gasteiger partial charge in [-0.2, -0.15) is 0 Å². The zero-order valence-corrected chi connectivity index (χ0v) is 27.7. The van der Waals surface area contributed by atoms with Crippen LogP contribution in [0.25, 0.3) is 0 Å². The lowest BCUT2D eigenvalue weighted by Gasteiger charge is -2.33. The molecule has 0 radical (unpaired) electrons. The first-order valence-corrected chi connectivity index (χ1v) is 17.3. The molecule has 0 bridgehead atoms. The van der Waals surface area contributed by atoms with E-state index in [1.807, 2.05) is 106 Å². The average Bonchev–Trinajstić information content (AvgIpc) is 3.04. The molecular formula is C37H43N3O5S. The predicted molar refractivity (Wildman–Crippen MR) is 183 cm³/mol. The number of anilines is 1. The lowest BCUT2D eigenvalue weighted by atomic mass is 10.0. The number of hydrogen-bond acceptors (Lipinski definition) is 5. The molecule has 0 spiro atoms. The van der Waals surface area contributed by atoms with Gasteiger partial charge in [-0.15, -0.1) is 0 Å². The normalized spacial score (nSPS) is 11.9. The number of hydrogen-bond donors (Lipinski definition) is 1. The van der Waals surface area contributed by atoms with E-state index in [1.165, 1.54) is 4.90 Å². The number of carbonyl (C=O) groups is 2. The molecule has 4 aromatic carbocycles. The van der Waals surface area contributed by atoms with Gasteiger partial charge in [-0.05, 0) is 53.8 Å². The van der Waals surface area contributed by atoms with Crippen molar-refractivity contribution in [3.05, 3.63) is 131 Å². The second kappa shape index (κ2) is 16.1. The number of nitrogens with zero attached hydrogens (tertiary/aromatic N) is 2. The number of aryl methyl sites for hydroxylation is 1. The van der Waals surface area contributed by atoms with Crippen LogP contribution < -0.4 is 14.4 Å². The van der Waals surface area contributed by atoms with Crippen molar-refractivity contribution in [3.63, 3.8) is 0 Å². The van der Waals surface area contributed by atoms with Crippen LogP contribution in [0.5, 0.6) is 5.75 Å². The van der Waals surface area contributed by atoms with Gasteiger partial charge in [0, 0.05) is 19.5 Å². The summed E-state index contributed by atoms with van der Waals surface area (Å²) in [6.07, 6.45) is 1.34. The maximum absolute atomic E-state index is 14.3. The Morgan fingerprint density at radius 1 is 0.804 bits per heavy atom. The van der Waals surface area contributed by atoms with Crippen molar-refractivity contribution >= 4 is 27.5 Å². The minimum atomic E-state index is -3.88. The molecule has 0 heterocycles. The Bertz CT molecular complexity index is 1680. The summed E-state index contributed by atoms with van der Waals surface area (Å²) in [5.41, 5.74) is 4.07. The molecule has 46 heavy (non-hydrogen) atoms. The van der Waals surface area contributed by atoms with E-state index >= 15 is 0 Å². The number of sulfonamides is 1. The summed E-state index contributed by atoms with van der Waals surface area (Å²) >= 11 is 0. The topological polar surface area (TPSA) is 96.0 Å². The van der Waals surface area contributed by atoms with Crippen LogP contribution in [0.1, 0.15) is 36.1 Å². The zero-order valence-electron chi connectivity index (χ0n) is 26.9. The van der Waals surface area contributed by atoms with Crippen LogP contribution in [-0.4, -0.2) is 50.5 Å². The van der Waals surface area contributed by atoms with Crippen LogP contribution in [-0.2, 0) is 39.2 Å². The van der Waals surface area contributed by atoms with Crippen LogP contribution in [0.15, 0.2) is 109 Å². The van der Waals surface area contributed by atoms with Gasteiger partial charge in [0.25, 0.3) is 0 Å². The van der Waals surface area contributed by atoms with E-state index in [0.29, 0.717) is 24.6 Å². The third-order valence-electron chi connectivity index (χ3n) is 7.44. The first-order valence-electron chi connectivity index (χ1n) is 15.4. The van der Waals surface area contributed by atoms with Crippen molar-refractivity contribution in [2.45, 2.75) is 46.4 Å². The van der Waals surface area contributed by atoms with Crippen molar-refractivity contribution in [1.29, 1.82) is 0 Å². The highest BCUT2D eigenvalue weighted by atomic mass is 32.2. The number of nitrogens with one attached hydrogen (secondary N) is 1. The fraction of sp³-hybridized carbons (Fsp3) is 0.297. The van der Waals surface area contributed by atoms with Gasteiger partial charge in [0.1, 0.15) is 24.9 Å². The van der Waals surface area contributed by atoms with Gasteiger partial charge in [-0.3, -0.25) is 13.9 Å². The Morgan fingerprint density at radius 2 is 1.41 bits per heavy atom. The van der Waals surface area contributed by atoms with Crippen LogP contribution in [0.2, 0.25) is 0 Å². The second-order valence-electron chi connectivity index (χ2n) is 11.9. The first kappa shape index (κ1) is 34.2. The van der Waals surface area contributed by atoms with Crippen LogP contribution in [0.4, 0.5) is 5.69 Å². The molecular weight excluding hydrogens is 598 g/mol. The molecule has 0 saturated carbocycles. The lowest BCUT2D eigenvalue weighted by molar-refractivity contribution is -0.140. The summed E-state index contributed by atoms with van der Waals surface area (Å²) in [5.74, 6) is 0.00201. The van der Waals surface area contributed by atoms with Crippen molar-refractivity contribution < 1.29 is 22.7 Å². The molecule has 1 N–H and O–H groups in total. The third-order valence-corrected chi connectivity index (χ3v) is 8.58. The molecule has 4 aromatic rings.